The molecule has 1 fully saturated rings. The highest BCUT2D eigenvalue weighted by Crippen LogP contribution is 2.33. The largest absolute Gasteiger partial charge is 0.312 e. The molecule has 1 aliphatic rings. The molecule has 0 unspecified atom stereocenters. The summed E-state index contributed by atoms with van der Waals surface area (Å²) < 4.78 is 26.7. The predicted octanol–water partition coefficient (Wildman–Crippen LogP) is 2.20. The molecule has 0 spiro atoms. The Kier molecular flexibility index (Phi) is 4.78. The third-order valence-corrected chi connectivity index (χ3v) is 6.03. The van der Waals surface area contributed by atoms with Gasteiger partial charge in [0.1, 0.15) is 0 Å². The van der Waals surface area contributed by atoms with Gasteiger partial charge in [-0.25, -0.2) is 8.42 Å². The van der Waals surface area contributed by atoms with Crippen LogP contribution in [0.3, 0.4) is 0 Å². The first-order chi connectivity index (χ1) is 9.09. The Balaban J connectivity index is 2.17. The van der Waals surface area contributed by atoms with Gasteiger partial charge in [0.25, 0.3) is 0 Å². The maximum absolute atomic E-state index is 12.6. The van der Waals surface area contributed by atoms with Crippen molar-refractivity contribution in [3.05, 3.63) is 29.0 Å². The summed E-state index contributed by atoms with van der Waals surface area (Å²) in [5.41, 5.74) is 0. The monoisotopic (exact) mass is 300 g/mol. The Bertz CT molecular complexity index is 533. The van der Waals surface area contributed by atoms with E-state index < -0.39 is 10.0 Å². The van der Waals surface area contributed by atoms with Crippen molar-refractivity contribution in [3.8, 4) is 0 Å². The van der Waals surface area contributed by atoms with Gasteiger partial charge in [-0.15, -0.1) is 17.9 Å². The van der Waals surface area contributed by atoms with Gasteiger partial charge in [0.05, 0.1) is 4.90 Å². The van der Waals surface area contributed by atoms with Gasteiger partial charge >= 0.3 is 0 Å². The van der Waals surface area contributed by atoms with Crippen molar-refractivity contribution in [2.45, 2.75) is 37.2 Å². The van der Waals surface area contributed by atoms with Gasteiger partial charge < -0.3 is 5.32 Å². The number of thiophene rings is 1. The minimum atomic E-state index is -3.36. The summed E-state index contributed by atoms with van der Waals surface area (Å²) in [6, 6.07) is 1.95. The quantitative estimate of drug-likeness (QED) is 0.749. The molecule has 1 aromatic rings. The van der Waals surface area contributed by atoms with Crippen LogP contribution in [0.4, 0.5) is 0 Å². The topological polar surface area (TPSA) is 49.4 Å². The number of hydrogen-bond donors (Lipinski definition) is 1. The average Bonchev–Trinajstić information content (AvgIpc) is 3.10. The van der Waals surface area contributed by atoms with Crippen molar-refractivity contribution in [2.75, 3.05) is 13.1 Å². The van der Waals surface area contributed by atoms with E-state index in [9.17, 15) is 8.42 Å². The fraction of sp³-hybridized carbons (Fsp3) is 0.538. The number of rotatable bonds is 8. The van der Waals surface area contributed by atoms with Gasteiger partial charge in [-0.2, -0.15) is 4.31 Å². The fourth-order valence-corrected chi connectivity index (χ4v) is 4.79. The lowest BCUT2D eigenvalue weighted by atomic mass is 10.4. The molecule has 0 saturated heterocycles. The third kappa shape index (κ3) is 3.45. The van der Waals surface area contributed by atoms with Gasteiger partial charge in [0.15, 0.2) is 0 Å². The normalized spacial score (nSPS) is 15.9. The van der Waals surface area contributed by atoms with E-state index in [1.807, 2.05) is 6.92 Å². The molecule has 1 aromatic heterocycles. The van der Waals surface area contributed by atoms with E-state index in [1.54, 1.807) is 21.8 Å². The number of sulfonamides is 1. The van der Waals surface area contributed by atoms with Gasteiger partial charge in [-0.1, -0.05) is 13.0 Å². The van der Waals surface area contributed by atoms with Crippen LogP contribution in [0.15, 0.2) is 29.0 Å². The summed E-state index contributed by atoms with van der Waals surface area (Å²) in [5, 5.41) is 4.94. The lowest BCUT2D eigenvalue weighted by Crippen LogP contribution is -2.33. The molecule has 106 valence electrons. The van der Waals surface area contributed by atoms with E-state index in [4.69, 9.17) is 0 Å². The zero-order valence-electron chi connectivity index (χ0n) is 11.1. The molecular formula is C13H20N2O2S2. The summed E-state index contributed by atoms with van der Waals surface area (Å²) in [5.74, 6) is 0. The summed E-state index contributed by atoms with van der Waals surface area (Å²) in [6.07, 6.45) is 3.57. The first-order valence-electron chi connectivity index (χ1n) is 6.50. The zero-order chi connectivity index (χ0) is 13.9. The van der Waals surface area contributed by atoms with Crippen LogP contribution in [-0.4, -0.2) is 31.9 Å². The second-order valence-electron chi connectivity index (χ2n) is 4.62. The molecule has 6 heteroatoms. The maximum Gasteiger partial charge on any atom is 0.244 e. The lowest BCUT2D eigenvalue weighted by Gasteiger charge is -2.19. The van der Waals surface area contributed by atoms with Crippen molar-refractivity contribution < 1.29 is 8.42 Å². The molecule has 0 aromatic carbocycles. The molecule has 1 saturated carbocycles. The number of nitrogens with zero attached hydrogens (tertiary/aromatic N) is 1. The van der Waals surface area contributed by atoms with E-state index in [1.165, 1.54) is 11.3 Å². The molecule has 0 radical (unpaired) electrons. The van der Waals surface area contributed by atoms with Gasteiger partial charge in [-0.3, -0.25) is 0 Å². The molecule has 1 N–H and O–H groups in total. The van der Waals surface area contributed by atoms with Crippen LogP contribution in [-0.2, 0) is 16.6 Å². The first kappa shape index (κ1) is 14.7. The average molecular weight is 300 g/mol. The molecule has 0 amide bonds. The Morgan fingerprint density at radius 3 is 2.89 bits per heavy atom. The summed E-state index contributed by atoms with van der Waals surface area (Å²) in [6.45, 7) is 7.68. The summed E-state index contributed by atoms with van der Waals surface area (Å²) >= 11 is 1.49. The third-order valence-electron chi connectivity index (χ3n) is 3.05. The molecule has 0 atom stereocenters. The molecule has 0 bridgehead atoms. The predicted molar refractivity (Wildman–Crippen MR) is 78.8 cm³/mol. The minimum absolute atomic E-state index is 0.167. The highest BCUT2D eigenvalue weighted by molar-refractivity contribution is 7.89. The molecule has 0 aliphatic heterocycles. The van der Waals surface area contributed by atoms with Crippen molar-refractivity contribution in [1.29, 1.82) is 0 Å². The van der Waals surface area contributed by atoms with E-state index >= 15 is 0 Å². The summed E-state index contributed by atoms with van der Waals surface area (Å²) in [7, 11) is -3.36. The van der Waals surface area contributed by atoms with E-state index in [-0.39, 0.29) is 6.04 Å². The number of hydrogen-bond acceptors (Lipinski definition) is 4. The molecular weight excluding hydrogens is 280 g/mol. The van der Waals surface area contributed by atoms with Crippen LogP contribution in [0.5, 0.6) is 0 Å². The highest BCUT2D eigenvalue weighted by atomic mass is 32.2. The smallest absolute Gasteiger partial charge is 0.244 e. The molecule has 19 heavy (non-hydrogen) atoms. The summed E-state index contributed by atoms with van der Waals surface area (Å²) in [4.78, 5) is 1.47. The Hall–Kier alpha value is -0.690. The SMILES string of the molecule is C=CCN(C1CC1)S(=O)(=O)c1csc(CNCC)c1. The maximum atomic E-state index is 12.6. The molecule has 4 nitrogen and oxygen atoms in total. The van der Waals surface area contributed by atoms with Crippen molar-refractivity contribution in [2.24, 2.45) is 0 Å². The lowest BCUT2D eigenvalue weighted by molar-refractivity contribution is 0.436. The van der Waals surface area contributed by atoms with Crippen molar-refractivity contribution >= 4 is 21.4 Å². The van der Waals surface area contributed by atoms with Gasteiger partial charge in [-0.05, 0) is 25.5 Å². The van der Waals surface area contributed by atoms with E-state index in [0.29, 0.717) is 11.4 Å². The van der Waals surface area contributed by atoms with Crippen LogP contribution in [0.1, 0.15) is 24.6 Å². The van der Waals surface area contributed by atoms with Crippen molar-refractivity contribution in [1.82, 2.24) is 9.62 Å². The molecule has 1 heterocycles. The molecule has 2 rings (SSSR count). The van der Waals surface area contributed by atoms with Crippen LogP contribution in [0.25, 0.3) is 0 Å². The van der Waals surface area contributed by atoms with E-state index in [0.717, 1.165) is 30.8 Å². The van der Waals surface area contributed by atoms with Crippen LogP contribution in [0, 0.1) is 0 Å². The minimum Gasteiger partial charge on any atom is -0.312 e. The zero-order valence-corrected chi connectivity index (χ0v) is 12.8. The highest BCUT2D eigenvalue weighted by Gasteiger charge is 2.37. The molecule has 1 aliphatic carbocycles. The second-order valence-corrected chi connectivity index (χ2v) is 7.51. The van der Waals surface area contributed by atoms with Crippen LogP contribution >= 0.6 is 11.3 Å². The standard InChI is InChI=1S/C13H20N2O2S2/c1-3-7-15(11-5-6-11)19(16,17)13-8-12(18-10-13)9-14-4-2/h3,8,10-11,14H,1,4-7,9H2,2H3. The second kappa shape index (κ2) is 6.17. The van der Waals surface area contributed by atoms with Crippen molar-refractivity contribution in [3.63, 3.8) is 0 Å². The van der Waals surface area contributed by atoms with Gasteiger partial charge in [0.2, 0.25) is 10.0 Å². The number of nitrogens with one attached hydrogen (secondary N) is 1. The Labute approximate surface area is 119 Å². The van der Waals surface area contributed by atoms with Gasteiger partial charge in [0, 0.05) is 29.4 Å². The van der Waals surface area contributed by atoms with Crippen LogP contribution < -0.4 is 5.32 Å². The van der Waals surface area contributed by atoms with E-state index in [2.05, 4.69) is 11.9 Å². The Morgan fingerprint density at radius 2 is 2.32 bits per heavy atom. The fourth-order valence-electron chi connectivity index (χ4n) is 1.91. The van der Waals surface area contributed by atoms with Crippen LogP contribution in [0.2, 0.25) is 0 Å². The first-order valence-corrected chi connectivity index (χ1v) is 8.82. The Morgan fingerprint density at radius 1 is 1.58 bits per heavy atom.